The van der Waals surface area contributed by atoms with Gasteiger partial charge in [0.1, 0.15) is 25.6 Å². The molecule has 110 valence electrons. The average molecular weight is 288 g/mol. The van der Waals surface area contributed by atoms with Gasteiger partial charge in [0, 0.05) is 5.56 Å². The number of benzene rings is 1. The van der Waals surface area contributed by atoms with Crippen molar-refractivity contribution in [1.29, 1.82) is 0 Å². The van der Waals surface area contributed by atoms with Crippen LogP contribution in [-0.2, 0) is 4.74 Å². The van der Waals surface area contributed by atoms with Gasteiger partial charge in [0.05, 0.1) is 6.61 Å². The van der Waals surface area contributed by atoms with Crippen LogP contribution in [0, 0.1) is 18.8 Å². The summed E-state index contributed by atoms with van der Waals surface area (Å²) in [6, 6.07) is 5.12. The number of aliphatic hydroxyl groups excluding tert-OH is 1. The highest BCUT2D eigenvalue weighted by Gasteiger charge is 2.27. The Morgan fingerprint density at radius 2 is 2.00 bits per heavy atom. The summed E-state index contributed by atoms with van der Waals surface area (Å²) in [5.74, 6) is 5.85. The maximum atomic E-state index is 11.8. The van der Waals surface area contributed by atoms with E-state index in [-0.39, 0.29) is 19.8 Å². The van der Waals surface area contributed by atoms with E-state index < -0.39 is 12.8 Å². The van der Waals surface area contributed by atoms with Gasteiger partial charge in [0.25, 0.3) is 0 Å². The Morgan fingerprint density at radius 1 is 1.25 bits per heavy atom. The van der Waals surface area contributed by atoms with Crippen LogP contribution in [-0.4, -0.2) is 37.7 Å². The van der Waals surface area contributed by atoms with Crippen LogP contribution in [0.2, 0.25) is 0 Å². The molecule has 0 spiro atoms. The van der Waals surface area contributed by atoms with Crippen molar-refractivity contribution < 1.29 is 27.8 Å². The smallest absolute Gasteiger partial charge is 0.411 e. The van der Waals surface area contributed by atoms with Crippen molar-refractivity contribution in [2.75, 3.05) is 26.4 Å². The first kappa shape index (κ1) is 16.3. The molecule has 0 radical (unpaired) electrons. The minimum Gasteiger partial charge on any atom is -0.491 e. The van der Waals surface area contributed by atoms with E-state index in [0.717, 1.165) is 11.1 Å². The summed E-state index contributed by atoms with van der Waals surface area (Å²) in [7, 11) is 0. The van der Waals surface area contributed by atoms with Crippen molar-refractivity contribution in [2.45, 2.75) is 13.1 Å². The minimum atomic E-state index is -4.32. The van der Waals surface area contributed by atoms with Crippen molar-refractivity contribution in [3.05, 3.63) is 29.3 Å². The molecule has 3 nitrogen and oxygen atoms in total. The zero-order chi connectivity index (χ0) is 15.0. The lowest BCUT2D eigenvalue weighted by molar-refractivity contribution is -0.175. The summed E-state index contributed by atoms with van der Waals surface area (Å²) in [6.07, 6.45) is -4.32. The van der Waals surface area contributed by atoms with E-state index in [1.165, 1.54) is 0 Å². The maximum absolute atomic E-state index is 11.8. The molecule has 0 amide bonds. The van der Waals surface area contributed by atoms with Crippen LogP contribution >= 0.6 is 0 Å². The molecule has 1 aromatic rings. The Labute approximate surface area is 115 Å². The highest BCUT2D eigenvalue weighted by Crippen LogP contribution is 2.17. The van der Waals surface area contributed by atoms with E-state index in [9.17, 15) is 13.2 Å². The normalized spacial score (nSPS) is 10.8. The predicted molar refractivity (Wildman–Crippen MR) is 67.5 cm³/mol. The fraction of sp³-hybridized carbons (Fsp3) is 0.429. The summed E-state index contributed by atoms with van der Waals surface area (Å²) < 4.78 is 45.1. The van der Waals surface area contributed by atoms with Crippen LogP contribution in [0.5, 0.6) is 5.75 Å². The monoisotopic (exact) mass is 288 g/mol. The van der Waals surface area contributed by atoms with Gasteiger partial charge >= 0.3 is 6.18 Å². The fourth-order valence-corrected chi connectivity index (χ4v) is 1.41. The van der Waals surface area contributed by atoms with Crippen LogP contribution in [0.25, 0.3) is 0 Å². The second-order valence-corrected chi connectivity index (χ2v) is 3.95. The molecule has 0 aliphatic heterocycles. The first-order valence-electron chi connectivity index (χ1n) is 5.90. The van der Waals surface area contributed by atoms with Gasteiger partial charge in [-0.15, -0.1) is 0 Å². The lowest BCUT2D eigenvalue weighted by Gasteiger charge is -2.10. The van der Waals surface area contributed by atoms with Gasteiger partial charge in [-0.1, -0.05) is 11.8 Å². The Kier molecular flexibility index (Phi) is 6.36. The number of hydrogen-bond donors (Lipinski definition) is 1. The molecule has 6 heteroatoms. The minimum absolute atomic E-state index is 0.0389. The molecular formula is C14H15F3O3. The number of alkyl halides is 3. The fourth-order valence-electron chi connectivity index (χ4n) is 1.41. The Balaban J connectivity index is 2.40. The number of ether oxygens (including phenoxy) is 2. The molecule has 0 atom stereocenters. The topological polar surface area (TPSA) is 38.7 Å². The molecule has 1 aromatic carbocycles. The third kappa shape index (κ3) is 6.45. The number of halogens is 3. The van der Waals surface area contributed by atoms with E-state index >= 15 is 0 Å². The molecule has 0 fully saturated rings. The van der Waals surface area contributed by atoms with Crippen LogP contribution in [0.1, 0.15) is 11.1 Å². The molecule has 0 aliphatic carbocycles. The Bertz CT molecular complexity index is 487. The summed E-state index contributed by atoms with van der Waals surface area (Å²) >= 11 is 0. The van der Waals surface area contributed by atoms with E-state index in [1.807, 2.05) is 6.92 Å². The zero-order valence-corrected chi connectivity index (χ0v) is 11.0. The molecule has 0 heterocycles. The summed E-state index contributed by atoms with van der Waals surface area (Å²) in [5.41, 5.74) is 1.62. The van der Waals surface area contributed by atoms with Crippen LogP contribution in [0.4, 0.5) is 13.2 Å². The maximum Gasteiger partial charge on any atom is 0.411 e. The van der Waals surface area contributed by atoms with Gasteiger partial charge in [-0.2, -0.15) is 13.2 Å². The lowest BCUT2D eigenvalue weighted by Crippen LogP contribution is -2.19. The van der Waals surface area contributed by atoms with Crippen molar-refractivity contribution in [3.63, 3.8) is 0 Å². The quantitative estimate of drug-likeness (QED) is 0.667. The predicted octanol–water partition coefficient (Wildman–Crippen LogP) is 2.30. The second kappa shape index (κ2) is 7.78. The zero-order valence-electron chi connectivity index (χ0n) is 11.0. The Hall–Kier alpha value is -1.71. The second-order valence-electron chi connectivity index (χ2n) is 3.95. The summed E-state index contributed by atoms with van der Waals surface area (Å²) in [4.78, 5) is 0. The van der Waals surface area contributed by atoms with Crippen molar-refractivity contribution in [1.82, 2.24) is 0 Å². The van der Waals surface area contributed by atoms with Crippen LogP contribution < -0.4 is 4.74 Å². The molecule has 0 unspecified atom stereocenters. The van der Waals surface area contributed by atoms with Gasteiger partial charge in [0.15, 0.2) is 0 Å². The standard InChI is InChI=1S/C14H15F3O3/c1-11-9-13(5-4-12(11)3-2-6-18)20-8-7-19-10-14(15,16)17/h4-5,9,18H,6-8,10H2,1H3. The van der Waals surface area contributed by atoms with Crippen molar-refractivity contribution >= 4 is 0 Å². The Morgan fingerprint density at radius 3 is 2.60 bits per heavy atom. The van der Waals surface area contributed by atoms with Gasteiger partial charge in [0.2, 0.25) is 0 Å². The van der Waals surface area contributed by atoms with E-state index in [1.54, 1.807) is 18.2 Å². The number of aliphatic hydroxyl groups is 1. The molecule has 0 bridgehead atoms. The van der Waals surface area contributed by atoms with Crippen molar-refractivity contribution in [2.24, 2.45) is 0 Å². The summed E-state index contributed by atoms with van der Waals surface area (Å²) in [6.45, 7) is 0.246. The summed E-state index contributed by atoms with van der Waals surface area (Å²) in [5, 5.41) is 8.60. The first-order valence-corrected chi connectivity index (χ1v) is 5.90. The molecular weight excluding hydrogens is 273 g/mol. The van der Waals surface area contributed by atoms with Crippen LogP contribution in [0.3, 0.4) is 0 Å². The van der Waals surface area contributed by atoms with Gasteiger partial charge in [-0.05, 0) is 30.7 Å². The molecule has 1 N–H and O–H groups in total. The van der Waals surface area contributed by atoms with Gasteiger partial charge < -0.3 is 14.6 Å². The molecule has 0 saturated carbocycles. The van der Waals surface area contributed by atoms with E-state index in [4.69, 9.17) is 9.84 Å². The first-order chi connectivity index (χ1) is 9.42. The molecule has 0 saturated heterocycles. The third-order valence-electron chi connectivity index (χ3n) is 2.26. The lowest BCUT2D eigenvalue weighted by atomic mass is 10.1. The third-order valence-corrected chi connectivity index (χ3v) is 2.26. The van der Waals surface area contributed by atoms with E-state index in [2.05, 4.69) is 16.6 Å². The van der Waals surface area contributed by atoms with E-state index in [0.29, 0.717) is 5.75 Å². The highest BCUT2D eigenvalue weighted by molar-refractivity contribution is 5.44. The van der Waals surface area contributed by atoms with Gasteiger partial charge in [-0.25, -0.2) is 0 Å². The molecule has 20 heavy (non-hydrogen) atoms. The molecule has 0 aromatic heterocycles. The van der Waals surface area contributed by atoms with Gasteiger partial charge in [-0.3, -0.25) is 0 Å². The number of rotatable bonds is 5. The van der Waals surface area contributed by atoms with Crippen molar-refractivity contribution in [3.8, 4) is 17.6 Å². The number of aryl methyl sites for hydroxylation is 1. The van der Waals surface area contributed by atoms with Crippen LogP contribution in [0.15, 0.2) is 18.2 Å². The molecule has 0 aliphatic rings. The largest absolute Gasteiger partial charge is 0.491 e. The SMILES string of the molecule is Cc1cc(OCCOCC(F)(F)F)ccc1C#CCO. The highest BCUT2D eigenvalue weighted by atomic mass is 19.4. The average Bonchev–Trinajstić information content (AvgIpc) is 2.36. The molecule has 1 rings (SSSR count). The number of hydrogen-bond acceptors (Lipinski definition) is 3.